The minimum atomic E-state index is -5.08. The molecule has 0 unspecified atom stereocenters. The second kappa shape index (κ2) is 13.9. The quantitative estimate of drug-likeness (QED) is 0.525. The first-order chi connectivity index (χ1) is 17.7. The maximum Gasteiger partial charge on any atom is 0.490 e. The van der Waals surface area contributed by atoms with E-state index in [4.69, 9.17) is 24.5 Å². The number of carboxylic acids is 2. The Bertz CT molecular complexity index is 973. The molecule has 2 saturated heterocycles. The molecule has 2 fully saturated rings. The van der Waals surface area contributed by atoms with Crippen molar-refractivity contribution in [1.29, 1.82) is 0 Å². The molecule has 0 saturated carbocycles. The number of aromatic nitrogens is 1. The number of ether oxygens (including phenoxy) is 1. The van der Waals surface area contributed by atoms with Crippen LogP contribution in [0.4, 0.5) is 26.3 Å². The number of nitrogens with zero attached hydrogens (tertiary/aromatic N) is 3. The number of hydrogen-bond acceptors (Lipinski definition) is 7. The van der Waals surface area contributed by atoms with Gasteiger partial charge in [-0.1, -0.05) is 6.07 Å². The first kappa shape index (κ1) is 31.5. The summed E-state index contributed by atoms with van der Waals surface area (Å²) in [6.45, 7) is 7.26. The molecule has 2 aliphatic heterocycles. The Kier molecular flexibility index (Phi) is 11.5. The number of thiophene rings is 1. The third kappa shape index (κ3) is 10.9. The highest BCUT2D eigenvalue weighted by Crippen LogP contribution is 2.31. The van der Waals surface area contributed by atoms with Crippen molar-refractivity contribution in [2.75, 3.05) is 32.8 Å². The van der Waals surface area contributed by atoms with Gasteiger partial charge in [0.25, 0.3) is 0 Å². The van der Waals surface area contributed by atoms with Crippen LogP contribution in [0.2, 0.25) is 0 Å². The van der Waals surface area contributed by atoms with Gasteiger partial charge in [-0.2, -0.15) is 37.7 Å². The summed E-state index contributed by atoms with van der Waals surface area (Å²) in [5.74, 6) is -5.51. The van der Waals surface area contributed by atoms with Gasteiger partial charge in [-0.3, -0.25) is 14.8 Å². The van der Waals surface area contributed by atoms with Crippen molar-refractivity contribution in [2.45, 2.75) is 43.9 Å². The van der Waals surface area contributed by atoms with Crippen LogP contribution in [0.15, 0.2) is 41.4 Å². The summed E-state index contributed by atoms with van der Waals surface area (Å²) in [6.07, 6.45) is -4.07. The number of halogens is 6. The molecule has 2 aromatic heterocycles. The number of likely N-dealkylation sites (tertiary alicyclic amines) is 1. The van der Waals surface area contributed by atoms with Gasteiger partial charge in [0.2, 0.25) is 0 Å². The predicted octanol–water partition coefficient (Wildman–Crippen LogP) is 4.28. The maximum atomic E-state index is 10.6. The number of piperidine rings is 1. The third-order valence-electron chi connectivity index (χ3n) is 5.70. The fourth-order valence-corrected chi connectivity index (χ4v) is 4.53. The van der Waals surface area contributed by atoms with E-state index in [-0.39, 0.29) is 5.60 Å². The molecule has 0 aromatic carbocycles. The minimum absolute atomic E-state index is 0.0611. The Morgan fingerprint density at radius 3 is 2.00 bits per heavy atom. The van der Waals surface area contributed by atoms with Crippen LogP contribution in [-0.2, 0) is 27.4 Å². The summed E-state index contributed by atoms with van der Waals surface area (Å²) in [7, 11) is 0. The molecule has 2 aromatic rings. The fraction of sp³-hybridized carbons (Fsp3) is 0.522. The van der Waals surface area contributed by atoms with Crippen molar-refractivity contribution in [2.24, 2.45) is 0 Å². The summed E-state index contributed by atoms with van der Waals surface area (Å²) < 4.78 is 69.7. The van der Waals surface area contributed by atoms with E-state index in [1.165, 1.54) is 11.1 Å². The van der Waals surface area contributed by atoms with Crippen LogP contribution in [0.1, 0.15) is 24.0 Å². The second-order valence-electron chi connectivity index (χ2n) is 8.62. The molecule has 4 rings (SSSR count). The van der Waals surface area contributed by atoms with Gasteiger partial charge in [0.05, 0.1) is 12.2 Å². The van der Waals surface area contributed by atoms with Gasteiger partial charge >= 0.3 is 24.3 Å². The van der Waals surface area contributed by atoms with Gasteiger partial charge in [0.1, 0.15) is 0 Å². The number of hydrogen-bond donors (Lipinski definition) is 2. The van der Waals surface area contributed by atoms with Gasteiger partial charge in [-0.05, 0) is 46.9 Å². The monoisotopic (exact) mass is 571 g/mol. The summed E-state index contributed by atoms with van der Waals surface area (Å²) in [4.78, 5) is 27.1. The van der Waals surface area contributed by atoms with Crippen molar-refractivity contribution in [3.8, 4) is 0 Å². The van der Waals surface area contributed by atoms with E-state index >= 15 is 0 Å². The van der Waals surface area contributed by atoms with Crippen molar-refractivity contribution in [3.63, 3.8) is 0 Å². The molecular formula is C23H27F6N3O5S. The van der Waals surface area contributed by atoms with E-state index in [0.29, 0.717) is 0 Å². The van der Waals surface area contributed by atoms with E-state index in [2.05, 4.69) is 37.7 Å². The summed E-state index contributed by atoms with van der Waals surface area (Å²) >= 11 is 1.79. The molecule has 2 aliphatic rings. The summed E-state index contributed by atoms with van der Waals surface area (Å²) in [6, 6.07) is 6.43. The molecule has 4 heterocycles. The zero-order chi connectivity index (χ0) is 28.4. The smallest absolute Gasteiger partial charge is 0.475 e. The second-order valence-corrected chi connectivity index (χ2v) is 9.40. The van der Waals surface area contributed by atoms with E-state index < -0.39 is 24.3 Å². The molecule has 38 heavy (non-hydrogen) atoms. The molecule has 0 radical (unpaired) electrons. The van der Waals surface area contributed by atoms with Crippen LogP contribution in [0.3, 0.4) is 0 Å². The van der Waals surface area contributed by atoms with Gasteiger partial charge in [0, 0.05) is 51.7 Å². The molecule has 0 bridgehead atoms. The first-order valence-corrected chi connectivity index (χ1v) is 12.2. The lowest BCUT2D eigenvalue weighted by atomic mass is 9.89. The number of rotatable bonds is 4. The molecule has 2 N–H and O–H groups in total. The number of carbonyl (C=O) groups is 2. The Labute approximate surface area is 218 Å². The fourth-order valence-electron chi connectivity index (χ4n) is 3.87. The molecule has 0 amide bonds. The highest BCUT2D eigenvalue weighted by atomic mass is 32.1. The molecule has 0 aliphatic carbocycles. The predicted molar refractivity (Wildman–Crippen MR) is 124 cm³/mol. The highest BCUT2D eigenvalue weighted by molar-refractivity contribution is 7.07. The van der Waals surface area contributed by atoms with Crippen LogP contribution in [-0.4, -0.2) is 87.7 Å². The van der Waals surface area contributed by atoms with Crippen LogP contribution in [0, 0.1) is 0 Å². The third-order valence-corrected chi connectivity index (χ3v) is 6.43. The Balaban J connectivity index is 0.000000301. The van der Waals surface area contributed by atoms with Gasteiger partial charge < -0.3 is 14.9 Å². The topological polar surface area (TPSA) is 103 Å². The summed E-state index contributed by atoms with van der Waals surface area (Å²) in [5.41, 5.74) is 2.80. The van der Waals surface area contributed by atoms with Crippen molar-refractivity contribution in [1.82, 2.24) is 14.8 Å². The largest absolute Gasteiger partial charge is 0.490 e. The lowest BCUT2D eigenvalue weighted by molar-refractivity contribution is -0.193. The average molecular weight is 572 g/mol. The normalized spacial score (nSPS) is 18.1. The minimum Gasteiger partial charge on any atom is -0.475 e. The Hall–Kier alpha value is -2.75. The van der Waals surface area contributed by atoms with Crippen LogP contribution in [0.25, 0.3) is 0 Å². The zero-order valence-electron chi connectivity index (χ0n) is 20.0. The lowest BCUT2D eigenvalue weighted by Crippen LogP contribution is -2.56. The lowest BCUT2D eigenvalue weighted by Gasteiger charge is -2.47. The first-order valence-electron chi connectivity index (χ1n) is 11.3. The number of aliphatic carboxylic acids is 2. The van der Waals surface area contributed by atoms with E-state index in [1.807, 2.05) is 18.5 Å². The van der Waals surface area contributed by atoms with Crippen LogP contribution >= 0.6 is 11.3 Å². The molecular weight excluding hydrogens is 544 g/mol. The van der Waals surface area contributed by atoms with E-state index in [1.54, 1.807) is 11.3 Å². The van der Waals surface area contributed by atoms with E-state index in [9.17, 15) is 26.3 Å². The van der Waals surface area contributed by atoms with Crippen molar-refractivity contribution in [3.05, 3.63) is 52.5 Å². The maximum absolute atomic E-state index is 10.6. The van der Waals surface area contributed by atoms with Crippen LogP contribution < -0.4 is 0 Å². The number of carboxylic acid groups (broad SMARTS) is 2. The molecule has 8 nitrogen and oxygen atoms in total. The van der Waals surface area contributed by atoms with Gasteiger partial charge in [-0.15, -0.1) is 0 Å². The van der Waals surface area contributed by atoms with Gasteiger partial charge in [-0.25, -0.2) is 9.59 Å². The molecule has 15 heteroatoms. The molecule has 1 spiro atoms. The Morgan fingerprint density at radius 2 is 1.53 bits per heavy atom. The zero-order valence-corrected chi connectivity index (χ0v) is 20.9. The SMILES string of the molecule is O=C(O)C(F)(F)F.O=C(O)C(F)(F)F.c1cncc(CN2CCOC3(CCN(Cc4ccsc4)CC3)C2)c1. The van der Waals surface area contributed by atoms with Crippen molar-refractivity contribution < 1.29 is 50.9 Å². The van der Waals surface area contributed by atoms with E-state index in [0.717, 1.165) is 58.7 Å². The standard InChI is InChI=1S/C19H25N3OS.2C2HF3O2/c1-2-17(12-20-6-1)13-22-9-10-23-19(16-22)4-7-21(8-5-19)14-18-3-11-24-15-18;2*3-2(4,5)1(6)7/h1-3,6,11-12,15H,4-5,7-10,13-14,16H2;2*(H,6,7). The molecule has 212 valence electrons. The number of morpholine rings is 1. The average Bonchev–Trinajstić information content (AvgIpc) is 3.34. The van der Waals surface area contributed by atoms with Crippen molar-refractivity contribution >= 4 is 23.3 Å². The summed E-state index contributed by atoms with van der Waals surface area (Å²) in [5, 5.41) is 18.7. The highest BCUT2D eigenvalue weighted by Gasteiger charge is 2.40. The van der Waals surface area contributed by atoms with Gasteiger partial charge in [0.15, 0.2) is 0 Å². The molecule has 0 atom stereocenters. The van der Waals surface area contributed by atoms with Crippen LogP contribution in [0.5, 0.6) is 0 Å². The number of pyridine rings is 1. The Morgan fingerprint density at radius 1 is 0.947 bits per heavy atom. The number of alkyl halides is 6.